The third-order valence-corrected chi connectivity index (χ3v) is 5.41. The Morgan fingerprint density at radius 1 is 1.05 bits per heavy atom. The summed E-state index contributed by atoms with van der Waals surface area (Å²) < 4.78 is 58.3. The van der Waals surface area contributed by atoms with Gasteiger partial charge in [-0.3, -0.25) is 4.79 Å². The number of methoxy groups -OCH3 is 1. The van der Waals surface area contributed by atoms with E-state index in [1.54, 1.807) is 36.4 Å². The SMILES string of the molecule is C=CCCCOc1ccc(C(=O)NC)c(Nc2nc(Nc3ccc(OC)c(OCC=C)c3)ncc2C(F)(F)F)c1. The van der Waals surface area contributed by atoms with Crippen LogP contribution in [0.2, 0.25) is 0 Å². The van der Waals surface area contributed by atoms with E-state index in [-0.39, 0.29) is 23.8 Å². The molecule has 1 amide bonds. The van der Waals surface area contributed by atoms with Gasteiger partial charge in [0.1, 0.15) is 23.7 Å². The highest BCUT2D eigenvalue weighted by Gasteiger charge is 2.35. The molecular formula is C28H30F3N5O4. The number of unbranched alkanes of at least 4 members (excludes halogenated alkanes) is 1. The van der Waals surface area contributed by atoms with Crippen LogP contribution in [0.4, 0.5) is 36.3 Å². The summed E-state index contributed by atoms with van der Waals surface area (Å²) in [6, 6.07) is 9.31. The molecule has 9 nitrogen and oxygen atoms in total. The van der Waals surface area contributed by atoms with Crippen LogP contribution in [0.3, 0.4) is 0 Å². The molecule has 0 aliphatic carbocycles. The number of hydrogen-bond acceptors (Lipinski definition) is 8. The first-order chi connectivity index (χ1) is 19.2. The van der Waals surface area contributed by atoms with Crippen molar-refractivity contribution in [3.05, 3.63) is 79.0 Å². The summed E-state index contributed by atoms with van der Waals surface area (Å²) in [6.45, 7) is 7.84. The molecule has 0 saturated carbocycles. The van der Waals surface area contributed by atoms with Crippen LogP contribution in [0.15, 0.2) is 67.9 Å². The molecule has 0 spiro atoms. The highest BCUT2D eigenvalue weighted by Crippen LogP contribution is 2.37. The number of amides is 1. The van der Waals surface area contributed by atoms with Crippen molar-refractivity contribution >= 4 is 29.0 Å². The molecule has 3 rings (SSSR count). The third-order valence-electron chi connectivity index (χ3n) is 5.41. The first-order valence-electron chi connectivity index (χ1n) is 12.2. The lowest BCUT2D eigenvalue weighted by Crippen LogP contribution is -2.20. The van der Waals surface area contributed by atoms with E-state index in [4.69, 9.17) is 14.2 Å². The van der Waals surface area contributed by atoms with Gasteiger partial charge in [0.2, 0.25) is 5.95 Å². The van der Waals surface area contributed by atoms with Gasteiger partial charge in [0.25, 0.3) is 5.91 Å². The van der Waals surface area contributed by atoms with Gasteiger partial charge in [-0.05, 0) is 37.1 Å². The van der Waals surface area contributed by atoms with Crippen LogP contribution in [-0.4, -0.2) is 43.2 Å². The lowest BCUT2D eigenvalue weighted by atomic mass is 10.1. The average molecular weight is 558 g/mol. The minimum Gasteiger partial charge on any atom is -0.494 e. The molecule has 0 fully saturated rings. The zero-order valence-corrected chi connectivity index (χ0v) is 22.1. The molecule has 3 aromatic rings. The average Bonchev–Trinajstić information content (AvgIpc) is 2.93. The zero-order valence-electron chi connectivity index (χ0n) is 22.1. The van der Waals surface area contributed by atoms with Gasteiger partial charge in [0.05, 0.1) is 25.0 Å². The third kappa shape index (κ3) is 7.88. The van der Waals surface area contributed by atoms with Crippen LogP contribution >= 0.6 is 0 Å². The summed E-state index contributed by atoms with van der Waals surface area (Å²) in [7, 11) is 2.90. The summed E-state index contributed by atoms with van der Waals surface area (Å²) in [5, 5.41) is 8.02. The molecule has 3 N–H and O–H groups in total. The predicted octanol–water partition coefficient (Wildman–Crippen LogP) is 6.26. The number of hydrogen-bond donors (Lipinski definition) is 3. The van der Waals surface area contributed by atoms with Crippen molar-refractivity contribution < 1.29 is 32.2 Å². The second kappa shape index (κ2) is 13.9. The quantitative estimate of drug-likeness (QED) is 0.158. The number of nitrogens with one attached hydrogen (secondary N) is 3. The Labute approximate surface area is 230 Å². The van der Waals surface area contributed by atoms with Crippen LogP contribution in [0.5, 0.6) is 17.2 Å². The minimum absolute atomic E-state index is 0.0697. The molecule has 0 saturated heterocycles. The van der Waals surface area contributed by atoms with Gasteiger partial charge in [0.15, 0.2) is 11.5 Å². The van der Waals surface area contributed by atoms with E-state index in [0.29, 0.717) is 42.2 Å². The fraction of sp³-hybridized carbons (Fsp3) is 0.250. The molecule has 0 unspecified atom stereocenters. The number of ether oxygens (including phenoxy) is 3. The Kier molecular flexibility index (Phi) is 10.3. The molecule has 0 bridgehead atoms. The van der Waals surface area contributed by atoms with Gasteiger partial charge < -0.3 is 30.2 Å². The number of alkyl halides is 3. The van der Waals surface area contributed by atoms with Gasteiger partial charge in [-0.1, -0.05) is 18.7 Å². The van der Waals surface area contributed by atoms with Crippen LogP contribution in [0.1, 0.15) is 28.8 Å². The first kappa shape index (κ1) is 29.8. The first-order valence-corrected chi connectivity index (χ1v) is 12.2. The Bertz CT molecular complexity index is 1350. The molecule has 212 valence electrons. The lowest BCUT2D eigenvalue weighted by molar-refractivity contribution is -0.137. The highest BCUT2D eigenvalue weighted by atomic mass is 19.4. The second-order valence-corrected chi connectivity index (χ2v) is 8.23. The highest BCUT2D eigenvalue weighted by molar-refractivity contribution is 6.00. The van der Waals surface area contributed by atoms with Gasteiger partial charge in [-0.2, -0.15) is 18.2 Å². The monoisotopic (exact) mass is 557 g/mol. The molecule has 1 aromatic heterocycles. The minimum atomic E-state index is -4.78. The second-order valence-electron chi connectivity index (χ2n) is 8.23. The normalized spacial score (nSPS) is 10.8. The van der Waals surface area contributed by atoms with Crippen molar-refractivity contribution in [2.24, 2.45) is 0 Å². The summed E-state index contributed by atoms with van der Waals surface area (Å²) in [5.74, 6) is 0.0101. The zero-order chi connectivity index (χ0) is 29.1. The van der Waals surface area contributed by atoms with Gasteiger partial charge in [-0.15, -0.1) is 6.58 Å². The molecule has 0 aliphatic rings. The maximum atomic E-state index is 13.9. The summed E-state index contributed by atoms with van der Waals surface area (Å²) in [6.07, 6.45) is 0.637. The molecular weight excluding hydrogens is 527 g/mol. The molecule has 2 aromatic carbocycles. The number of halogens is 3. The number of anilines is 4. The number of allylic oxidation sites excluding steroid dienone is 1. The van der Waals surface area contributed by atoms with E-state index < -0.39 is 23.5 Å². The number of aromatic nitrogens is 2. The fourth-order valence-electron chi connectivity index (χ4n) is 3.48. The largest absolute Gasteiger partial charge is 0.494 e. The van der Waals surface area contributed by atoms with E-state index in [1.807, 2.05) is 0 Å². The maximum Gasteiger partial charge on any atom is 0.421 e. The molecule has 40 heavy (non-hydrogen) atoms. The smallest absolute Gasteiger partial charge is 0.421 e. The van der Waals surface area contributed by atoms with Gasteiger partial charge >= 0.3 is 6.18 Å². The fourth-order valence-corrected chi connectivity index (χ4v) is 3.48. The summed E-state index contributed by atoms with van der Waals surface area (Å²) >= 11 is 0. The van der Waals surface area contributed by atoms with Crippen molar-refractivity contribution in [2.75, 3.05) is 38.0 Å². The van der Waals surface area contributed by atoms with Crippen LogP contribution < -0.4 is 30.2 Å². The van der Waals surface area contributed by atoms with Crippen LogP contribution in [0.25, 0.3) is 0 Å². The van der Waals surface area contributed by atoms with E-state index in [2.05, 4.69) is 39.1 Å². The lowest BCUT2D eigenvalue weighted by Gasteiger charge is -2.18. The van der Waals surface area contributed by atoms with Crippen molar-refractivity contribution in [2.45, 2.75) is 19.0 Å². The molecule has 1 heterocycles. The molecule has 12 heteroatoms. The summed E-state index contributed by atoms with van der Waals surface area (Å²) in [4.78, 5) is 20.4. The van der Waals surface area contributed by atoms with Gasteiger partial charge in [0, 0.05) is 31.1 Å². The topological polar surface area (TPSA) is 107 Å². The molecule has 0 aliphatic heterocycles. The Balaban J connectivity index is 1.98. The number of nitrogens with zero attached hydrogens (tertiary/aromatic N) is 2. The predicted molar refractivity (Wildman–Crippen MR) is 147 cm³/mol. The number of rotatable bonds is 14. The van der Waals surface area contributed by atoms with Crippen molar-refractivity contribution in [1.82, 2.24) is 15.3 Å². The van der Waals surface area contributed by atoms with E-state index in [9.17, 15) is 18.0 Å². The number of carbonyl (C=O) groups excluding carboxylic acids is 1. The van der Waals surface area contributed by atoms with E-state index in [1.165, 1.54) is 26.3 Å². The summed E-state index contributed by atoms with van der Waals surface area (Å²) in [5.41, 5.74) is -0.517. The van der Waals surface area contributed by atoms with Crippen molar-refractivity contribution in [1.29, 1.82) is 0 Å². The Morgan fingerprint density at radius 3 is 2.52 bits per heavy atom. The Morgan fingerprint density at radius 2 is 1.85 bits per heavy atom. The maximum absolute atomic E-state index is 13.9. The van der Waals surface area contributed by atoms with Gasteiger partial charge in [-0.25, -0.2) is 4.98 Å². The standard InChI is InChI=1S/C28H30F3N5O4/c1-5-7-8-14-39-19-10-11-20(26(37)32-3)22(16-19)35-25-21(28(29,30)31)17-33-27(36-25)34-18-9-12-23(38-4)24(15-18)40-13-6-2/h5-6,9-12,15-17H,1-2,7-8,13-14H2,3-4H3,(H,32,37)(H2,33,34,35,36). The van der Waals surface area contributed by atoms with Crippen molar-refractivity contribution in [3.63, 3.8) is 0 Å². The molecule has 0 radical (unpaired) electrons. The molecule has 0 atom stereocenters. The van der Waals surface area contributed by atoms with Crippen LogP contribution in [-0.2, 0) is 6.18 Å². The van der Waals surface area contributed by atoms with Crippen molar-refractivity contribution in [3.8, 4) is 17.2 Å². The van der Waals surface area contributed by atoms with Crippen LogP contribution in [0, 0.1) is 0 Å². The van der Waals surface area contributed by atoms with E-state index >= 15 is 0 Å². The Hall–Kier alpha value is -4.74. The number of carbonyl (C=O) groups is 1. The number of benzene rings is 2. The van der Waals surface area contributed by atoms with E-state index in [0.717, 1.165) is 6.42 Å².